The third-order valence-electron chi connectivity index (χ3n) is 4.95. The number of fused-ring (bicyclic) bond motifs is 2. The van der Waals surface area contributed by atoms with E-state index in [9.17, 15) is 9.59 Å². The number of aromatic nitrogens is 3. The number of nitrogens with one attached hydrogen (secondary N) is 1. The van der Waals surface area contributed by atoms with Crippen LogP contribution in [0.1, 0.15) is 41.3 Å². The highest BCUT2D eigenvalue weighted by Gasteiger charge is 2.29. The van der Waals surface area contributed by atoms with Crippen molar-refractivity contribution in [3.8, 4) is 0 Å². The van der Waals surface area contributed by atoms with Crippen LogP contribution in [-0.2, 0) is 11.2 Å². The Morgan fingerprint density at radius 1 is 1.25 bits per heavy atom. The SMILES string of the molecule is CC(=O)N1c2ccc(NC(=O)c3nn4c(C)cc(C)nc4c3Cl)cc2C[C@@H]1C. The van der Waals surface area contributed by atoms with Crippen molar-refractivity contribution in [2.24, 2.45) is 0 Å². The van der Waals surface area contributed by atoms with Gasteiger partial charge in [0.25, 0.3) is 5.91 Å². The van der Waals surface area contributed by atoms with Crippen molar-refractivity contribution in [3.63, 3.8) is 0 Å². The van der Waals surface area contributed by atoms with Gasteiger partial charge < -0.3 is 10.2 Å². The predicted octanol–water partition coefficient (Wildman–Crippen LogP) is 3.55. The quantitative estimate of drug-likeness (QED) is 0.717. The first kappa shape index (κ1) is 18.4. The zero-order valence-corrected chi connectivity index (χ0v) is 16.8. The molecule has 0 spiro atoms. The van der Waals surface area contributed by atoms with E-state index in [1.165, 1.54) is 0 Å². The molecule has 1 atom stereocenters. The molecule has 144 valence electrons. The largest absolute Gasteiger partial charge is 0.321 e. The van der Waals surface area contributed by atoms with Gasteiger partial charge in [-0.15, -0.1) is 0 Å². The molecule has 1 aromatic carbocycles. The van der Waals surface area contributed by atoms with E-state index >= 15 is 0 Å². The molecule has 2 aromatic heterocycles. The van der Waals surface area contributed by atoms with E-state index in [-0.39, 0.29) is 22.7 Å². The van der Waals surface area contributed by atoms with Crippen molar-refractivity contribution in [1.29, 1.82) is 0 Å². The highest BCUT2D eigenvalue weighted by Crippen LogP contribution is 2.34. The summed E-state index contributed by atoms with van der Waals surface area (Å²) in [4.78, 5) is 30.8. The lowest BCUT2D eigenvalue weighted by atomic mass is 10.1. The minimum absolute atomic E-state index is 0.0117. The van der Waals surface area contributed by atoms with Crippen molar-refractivity contribution in [2.75, 3.05) is 10.2 Å². The normalized spacial score (nSPS) is 15.8. The second-order valence-electron chi connectivity index (χ2n) is 7.18. The minimum atomic E-state index is -0.401. The molecular formula is C20H20ClN5O2. The smallest absolute Gasteiger partial charge is 0.277 e. The van der Waals surface area contributed by atoms with Gasteiger partial charge in [-0.1, -0.05) is 11.6 Å². The predicted molar refractivity (Wildman–Crippen MR) is 108 cm³/mol. The van der Waals surface area contributed by atoms with Crippen LogP contribution in [0.4, 0.5) is 11.4 Å². The van der Waals surface area contributed by atoms with Gasteiger partial charge in [0.05, 0.1) is 0 Å². The average molecular weight is 398 g/mol. The zero-order valence-electron chi connectivity index (χ0n) is 16.1. The Morgan fingerprint density at radius 3 is 2.71 bits per heavy atom. The Morgan fingerprint density at radius 2 is 2.00 bits per heavy atom. The molecule has 3 aromatic rings. The van der Waals surface area contributed by atoms with Gasteiger partial charge in [-0.25, -0.2) is 9.50 Å². The molecule has 8 heteroatoms. The maximum atomic E-state index is 12.8. The Bertz CT molecular complexity index is 1140. The summed E-state index contributed by atoms with van der Waals surface area (Å²) in [6, 6.07) is 7.51. The molecule has 1 aliphatic rings. The van der Waals surface area contributed by atoms with E-state index in [4.69, 9.17) is 11.6 Å². The van der Waals surface area contributed by atoms with Crippen LogP contribution in [0, 0.1) is 13.8 Å². The van der Waals surface area contributed by atoms with Crippen LogP contribution in [-0.4, -0.2) is 32.5 Å². The van der Waals surface area contributed by atoms with Crippen LogP contribution >= 0.6 is 11.6 Å². The van der Waals surface area contributed by atoms with Crippen molar-refractivity contribution in [2.45, 2.75) is 40.2 Å². The van der Waals surface area contributed by atoms with Crippen molar-refractivity contribution in [3.05, 3.63) is 51.9 Å². The molecule has 0 saturated carbocycles. The summed E-state index contributed by atoms with van der Waals surface area (Å²) in [7, 11) is 0. The van der Waals surface area contributed by atoms with Gasteiger partial charge in [-0.2, -0.15) is 5.10 Å². The molecule has 4 rings (SSSR count). The van der Waals surface area contributed by atoms with Gasteiger partial charge in [0, 0.05) is 35.7 Å². The number of anilines is 2. The molecule has 0 fully saturated rings. The molecule has 0 saturated heterocycles. The van der Waals surface area contributed by atoms with Crippen LogP contribution < -0.4 is 10.2 Å². The molecule has 7 nitrogen and oxygen atoms in total. The van der Waals surface area contributed by atoms with Gasteiger partial charge in [-0.05, 0) is 57.0 Å². The molecule has 0 unspecified atom stereocenters. The van der Waals surface area contributed by atoms with E-state index in [1.54, 1.807) is 22.4 Å². The lowest BCUT2D eigenvalue weighted by Gasteiger charge is -2.20. The van der Waals surface area contributed by atoms with Gasteiger partial charge in [0.2, 0.25) is 5.91 Å². The van der Waals surface area contributed by atoms with Crippen LogP contribution in [0.25, 0.3) is 5.65 Å². The number of hydrogen-bond donors (Lipinski definition) is 1. The number of halogens is 1. The third-order valence-corrected chi connectivity index (χ3v) is 5.29. The Kier molecular flexibility index (Phi) is 4.34. The Balaban J connectivity index is 1.64. The summed E-state index contributed by atoms with van der Waals surface area (Å²) in [5.41, 5.74) is 4.79. The first-order valence-corrected chi connectivity index (χ1v) is 9.40. The summed E-state index contributed by atoms with van der Waals surface area (Å²) in [5, 5.41) is 7.40. The molecule has 0 aliphatic carbocycles. The Labute approximate surface area is 167 Å². The average Bonchev–Trinajstić information content (AvgIpc) is 3.11. The molecule has 1 N–H and O–H groups in total. The van der Waals surface area contributed by atoms with E-state index < -0.39 is 5.91 Å². The van der Waals surface area contributed by atoms with E-state index in [0.717, 1.165) is 29.1 Å². The summed E-state index contributed by atoms with van der Waals surface area (Å²) in [6.07, 6.45) is 0.746. The summed E-state index contributed by atoms with van der Waals surface area (Å²) >= 11 is 6.38. The topological polar surface area (TPSA) is 79.6 Å². The van der Waals surface area contributed by atoms with Gasteiger partial charge in [-0.3, -0.25) is 9.59 Å². The molecule has 3 heterocycles. The molecule has 0 bridgehead atoms. The fourth-order valence-corrected chi connectivity index (χ4v) is 4.07. The van der Waals surface area contributed by atoms with Crippen LogP contribution in [0.15, 0.2) is 24.3 Å². The maximum absolute atomic E-state index is 12.8. The number of carbonyl (C=O) groups is 2. The van der Waals surface area contributed by atoms with E-state index in [2.05, 4.69) is 15.4 Å². The van der Waals surface area contributed by atoms with Crippen molar-refractivity contribution < 1.29 is 9.59 Å². The van der Waals surface area contributed by atoms with Gasteiger partial charge >= 0.3 is 0 Å². The third kappa shape index (κ3) is 2.92. The van der Waals surface area contributed by atoms with Gasteiger partial charge in [0.1, 0.15) is 5.02 Å². The lowest BCUT2D eigenvalue weighted by molar-refractivity contribution is -0.116. The van der Waals surface area contributed by atoms with Crippen LogP contribution in [0.3, 0.4) is 0 Å². The molecule has 1 aliphatic heterocycles. The van der Waals surface area contributed by atoms with E-state index in [1.807, 2.05) is 39.0 Å². The lowest BCUT2D eigenvalue weighted by Crippen LogP contribution is -2.33. The van der Waals surface area contributed by atoms with E-state index in [0.29, 0.717) is 11.3 Å². The molecule has 0 radical (unpaired) electrons. The fraction of sp³-hybridized carbons (Fsp3) is 0.300. The molecule has 28 heavy (non-hydrogen) atoms. The minimum Gasteiger partial charge on any atom is -0.321 e. The number of carbonyl (C=O) groups excluding carboxylic acids is 2. The molecule has 2 amide bonds. The number of aryl methyl sites for hydroxylation is 2. The number of hydrogen-bond acceptors (Lipinski definition) is 4. The summed E-state index contributed by atoms with van der Waals surface area (Å²) in [6.45, 7) is 7.32. The molecular weight excluding hydrogens is 378 g/mol. The number of benzene rings is 1. The monoisotopic (exact) mass is 397 g/mol. The highest BCUT2D eigenvalue weighted by molar-refractivity contribution is 6.37. The summed E-state index contributed by atoms with van der Waals surface area (Å²) in [5.74, 6) is -0.389. The number of rotatable bonds is 2. The summed E-state index contributed by atoms with van der Waals surface area (Å²) < 4.78 is 1.57. The van der Waals surface area contributed by atoms with Crippen LogP contribution in [0.2, 0.25) is 5.02 Å². The highest BCUT2D eigenvalue weighted by atomic mass is 35.5. The van der Waals surface area contributed by atoms with Crippen LogP contribution in [0.5, 0.6) is 0 Å². The standard InChI is InChI=1S/C20H20ClN5O2/c1-10-7-12(3)26-19(22-10)17(21)18(24-26)20(28)23-15-5-6-16-14(9-15)8-11(2)25(16)13(4)27/h5-7,9,11H,8H2,1-4H3,(H,23,28)/t11-/m0/s1. The maximum Gasteiger partial charge on any atom is 0.277 e. The second kappa shape index (κ2) is 6.60. The number of nitrogens with zero attached hydrogens (tertiary/aromatic N) is 4. The Hall–Kier alpha value is -2.93. The van der Waals surface area contributed by atoms with Gasteiger partial charge in [0.15, 0.2) is 11.3 Å². The fourth-order valence-electron chi connectivity index (χ4n) is 3.82. The second-order valence-corrected chi connectivity index (χ2v) is 7.55. The zero-order chi connectivity index (χ0) is 20.2. The number of amides is 2. The first-order chi connectivity index (χ1) is 13.3. The van der Waals surface area contributed by atoms with Crippen molar-refractivity contribution in [1.82, 2.24) is 14.6 Å². The first-order valence-electron chi connectivity index (χ1n) is 9.03. The van der Waals surface area contributed by atoms with Crippen molar-refractivity contribution >= 4 is 40.4 Å².